The largest absolute Gasteiger partial charge is 0.486 e. The number of nitrogens with zero attached hydrogens (tertiary/aromatic N) is 3. The molecule has 0 radical (unpaired) electrons. The van der Waals surface area contributed by atoms with E-state index in [0.29, 0.717) is 53.5 Å². The third-order valence-corrected chi connectivity index (χ3v) is 6.20. The minimum Gasteiger partial charge on any atom is -0.486 e. The van der Waals surface area contributed by atoms with Crippen LogP contribution in [0.2, 0.25) is 5.02 Å². The normalized spacial score (nSPS) is 15.0. The van der Waals surface area contributed by atoms with Gasteiger partial charge in [-0.15, -0.1) is 0 Å². The van der Waals surface area contributed by atoms with Gasteiger partial charge in [0.05, 0.1) is 39.9 Å². The number of fused-ring (bicyclic) bond motifs is 1. The van der Waals surface area contributed by atoms with Crippen LogP contribution in [0.5, 0.6) is 5.75 Å². The number of anilines is 3. The molecule has 1 fully saturated rings. The Morgan fingerprint density at radius 3 is 2.82 bits per heavy atom. The Balaban J connectivity index is 1.48. The van der Waals surface area contributed by atoms with Crippen LogP contribution >= 0.6 is 11.6 Å². The summed E-state index contributed by atoms with van der Waals surface area (Å²) in [5.74, 6) is -0.313. The van der Waals surface area contributed by atoms with Crippen molar-refractivity contribution in [3.8, 4) is 5.75 Å². The van der Waals surface area contributed by atoms with Gasteiger partial charge in [0.25, 0.3) is 5.69 Å². The number of nitro groups is 1. The van der Waals surface area contributed by atoms with Gasteiger partial charge in [-0.3, -0.25) is 14.9 Å². The number of hydrogen-bond donors (Lipinski definition) is 2. The van der Waals surface area contributed by atoms with Crippen molar-refractivity contribution in [3.63, 3.8) is 0 Å². The van der Waals surface area contributed by atoms with Crippen LogP contribution in [0.25, 0.3) is 17.0 Å². The molecular formula is C27H21ClFN5O5. The first kappa shape index (κ1) is 26.0. The average molecular weight is 550 g/mol. The van der Waals surface area contributed by atoms with E-state index in [4.69, 9.17) is 21.1 Å². The molecule has 2 N–H and O–H groups in total. The van der Waals surface area contributed by atoms with Crippen molar-refractivity contribution in [2.75, 3.05) is 23.8 Å². The topological polar surface area (TPSA) is 129 Å². The van der Waals surface area contributed by atoms with E-state index in [-0.39, 0.29) is 22.4 Å². The quantitative estimate of drug-likeness (QED) is 0.158. The molecule has 1 amide bonds. The van der Waals surface area contributed by atoms with E-state index < -0.39 is 16.6 Å². The molecule has 5 rings (SSSR count). The molecule has 39 heavy (non-hydrogen) atoms. The zero-order valence-corrected chi connectivity index (χ0v) is 21.0. The average Bonchev–Trinajstić information content (AvgIpc) is 3.43. The number of hydrogen-bond acceptors (Lipinski definition) is 8. The van der Waals surface area contributed by atoms with Gasteiger partial charge in [-0.1, -0.05) is 23.7 Å². The first-order valence-corrected chi connectivity index (χ1v) is 12.2. The van der Waals surface area contributed by atoms with Gasteiger partial charge in [-0.05, 0) is 36.4 Å². The second-order valence-electron chi connectivity index (χ2n) is 8.58. The van der Waals surface area contributed by atoms with Crippen LogP contribution in [-0.2, 0) is 9.53 Å². The number of carbonyl (C=O) groups is 1. The highest BCUT2D eigenvalue weighted by molar-refractivity contribution is 6.31. The van der Waals surface area contributed by atoms with Crippen molar-refractivity contribution in [3.05, 3.63) is 93.5 Å². The Morgan fingerprint density at radius 2 is 2.05 bits per heavy atom. The molecule has 1 atom stereocenters. The molecule has 2 heterocycles. The highest BCUT2D eigenvalue weighted by Crippen LogP contribution is 2.35. The SMILES string of the molecule is O=C(/C=C/c1ccccc1[N+](=O)[O-])Nc1cc2c(Nc3ccc(F)c(Cl)c3)ncnc2cc1O[C@H]1CCOC1. The van der Waals surface area contributed by atoms with Crippen LogP contribution in [0, 0.1) is 15.9 Å². The molecule has 0 spiro atoms. The summed E-state index contributed by atoms with van der Waals surface area (Å²) in [4.78, 5) is 32.3. The molecule has 1 aromatic heterocycles. The summed E-state index contributed by atoms with van der Waals surface area (Å²) in [5.41, 5.74) is 1.53. The smallest absolute Gasteiger partial charge is 0.276 e. The first-order valence-electron chi connectivity index (χ1n) is 11.8. The van der Waals surface area contributed by atoms with Gasteiger partial charge in [0, 0.05) is 35.7 Å². The van der Waals surface area contributed by atoms with Crippen molar-refractivity contribution in [2.45, 2.75) is 12.5 Å². The van der Waals surface area contributed by atoms with Crippen LogP contribution in [0.1, 0.15) is 12.0 Å². The zero-order valence-electron chi connectivity index (χ0n) is 20.3. The van der Waals surface area contributed by atoms with Gasteiger partial charge in [-0.2, -0.15) is 0 Å². The Bertz CT molecular complexity index is 1590. The number of rotatable bonds is 8. The number of para-hydroxylation sites is 1. The number of halogens is 2. The fourth-order valence-electron chi connectivity index (χ4n) is 4.01. The Labute approximate surface area is 226 Å². The number of nitrogens with one attached hydrogen (secondary N) is 2. The third-order valence-electron chi connectivity index (χ3n) is 5.91. The van der Waals surface area contributed by atoms with Crippen LogP contribution in [0.3, 0.4) is 0 Å². The lowest BCUT2D eigenvalue weighted by molar-refractivity contribution is -0.385. The molecule has 0 aliphatic carbocycles. The van der Waals surface area contributed by atoms with Gasteiger partial charge < -0.3 is 20.1 Å². The molecule has 0 bridgehead atoms. The van der Waals surface area contributed by atoms with Crippen LogP contribution in [0.15, 0.2) is 67.0 Å². The zero-order chi connectivity index (χ0) is 27.4. The van der Waals surface area contributed by atoms with Crippen molar-refractivity contribution in [2.24, 2.45) is 0 Å². The van der Waals surface area contributed by atoms with E-state index in [9.17, 15) is 19.3 Å². The summed E-state index contributed by atoms with van der Waals surface area (Å²) in [5, 5.41) is 17.7. The maximum Gasteiger partial charge on any atom is 0.276 e. The fourth-order valence-corrected chi connectivity index (χ4v) is 4.19. The summed E-state index contributed by atoms with van der Waals surface area (Å²) in [6.45, 7) is 0.972. The molecule has 3 aromatic carbocycles. The summed E-state index contributed by atoms with van der Waals surface area (Å²) < 4.78 is 25.2. The van der Waals surface area contributed by atoms with Crippen LogP contribution in [0.4, 0.5) is 27.3 Å². The van der Waals surface area contributed by atoms with Gasteiger partial charge in [0.2, 0.25) is 5.91 Å². The predicted molar refractivity (Wildman–Crippen MR) is 145 cm³/mol. The van der Waals surface area contributed by atoms with Crippen molar-refractivity contribution < 1.29 is 23.6 Å². The maximum atomic E-state index is 13.6. The number of benzene rings is 3. The molecule has 198 valence electrons. The Hall–Kier alpha value is -4.61. The first-order chi connectivity index (χ1) is 18.9. The number of nitro benzene ring substituents is 1. The lowest BCUT2D eigenvalue weighted by Crippen LogP contribution is -2.18. The molecule has 1 saturated heterocycles. The van der Waals surface area contributed by atoms with E-state index in [2.05, 4.69) is 20.6 Å². The van der Waals surface area contributed by atoms with Crippen molar-refractivity contribution >= 4 is 57.4 Å². The number of aromatic nitrogens is 2. The summed E-state index contributed by atoms with van der Waals surface area (Å²) >= 11 is 5.92. The van der Waals surface area contributed by atoms with E-state index >= 15 is 0 Å². The van der Waals surface area contributed by atoms with Gasteiger partial charge in [-0.25, -0.2) is 14.4 Å². The Morgan fingerprint density at radius 1 is 1.21 bits per heavy atom. The van der Waals surface area contributed by atoms with Gasteiger partial charge in [0.1, 0.15) is 29.8 Å². The standard InChI is InChI=1S/C27H21ClFN5O5/c28-20-11-17(6-7-21(20)29)32-27-19-12-23(25(13-22(19)30-15-31-27)39-18-9-10-38-14-18)33-26(35)8-5-16-3-1-2-4-24(16)34(36)37/h1-8,11-13,15,18H,9-10,14H2,(H,33,35)(H,30,31,32)/b8-5+/t18-/m0/s1. The number of amides is 1. The van der Waals surface area contributed by atoms with E-state index in [1.807, 2.05) is 0 Å². The fraction of sp³-hybridized carbons (Fsp3) is 0.148. The van der Waals surface area contributed by atoms with Crippen LogP contribution in [-0.4, -0.2) is 40.1 Å². The monoisotopic (exact) mass is 549 g/mol. The second-order valence-corrected chi connectivity index (χ2v) is 8.99. The van der Waals surface area contributed by atoms with Crippen molar-refractivity contribution in [1.29, 1.82) is 0 Å². The lowest BCUT2D eigenvalue weighted by Gasteiger charge is -2.17. The lowest BCUT2D eigenvalue weighted by atomic mass is 10.1. The van der Waals surface area contributed by atoms with Crippen molar-refractivity contribution in [1.82, 2.24) is 9.97 Å². The molecular weight excluding hydrogens is 529 g/mol. The number of carbonyl (C=O) groups excluding carboxylic acids is 1. The molecule has 0 saturated carbocycles. The second kappa shape index (κ2) is 11.4. The highest BCUT2D eigenvalue weighted by Gasteiger charge is 2.21. The molecule has 10 nitrogen and oxygen atoms in total. The highest BCUT2D eigenvalue weighted by atomic mass is 35.5. The molecule has 12 heteroatoms. The summed E-state index contributed by atoms with van der Waals surface area (Å²) in [6.07, 6.45) is 4.42. The van der Waals surface area contributed by atoms with Gasteiger partial charge in [0.15, 0.2) is 0 Å². The summed E-state index contributed by atoms with van der Waals surface area (Å²) in [6, 6.07) is 13.6. The van der Waals surface area contributed by atoms with E-state index in [1.165, 1.54) is 42.7 Å². The third kappa shape index (κ3) is 6.11. The summed E-state index contributed by atoms with van der Waals surface area (Å²) in [7, 11) is 0. The van der Waals surface area contributed by atoms with E-state index in [1.54, 1.807) is 30.3 Å². The molecule has 4 aromatic rings. The molecule has 1 aliphatic heterocycles. The maximum absolute atomic E-state index is 13.6. The predicted octanol–water partition coefficient (Wildman–Crippen LogP) is 5.89. The molecule has 1 aliphatic rings. The molecule has 0 unspecified atom stereocenters. The van der Waals surface area contributed by atoms with Gasteiger partial charge >= 0.3 is 0 Å². The number of ether oxygens (including phenoxy) is 2. The minimum absolute atomic E-state index is 0.0498. The Kier molecular flexibility index (Phi) is 7.62. The van der Waals surface area contributed by atoms with Crippen LogP contribution < -0.4 is 15.4 Å². The minimum atomic E-state index is -0.550. The van der Waals surface area contributed by atoms with E-state index in [0.717, 1.165) is 0 Å².